The first-order chi connectivity index (χ1) is 11.8. The monoisotopic (exact) mass is 417 g/mol. The molecule has 1 fully saturated rings. The molecular formula is C21H37Cl2N3O. The largest absolute Gasteiger partial charge is 0.351 e. The molecule has 0 saturated heterocycles. The first-order valence-corrected chi connectivity index (χ1v) is 9.59. The molecule has 4 nitrogen and oxygen atoms in total. The van der Waals surface area contributed by atoms with E-state index >= 15 is 0 Å². The number of hydrogen-bond donors (Lipinski definition) is 2. The Kier molecular flexibility index (Phi) is 11.5. The SMILES string of the molecule is CN(Cc1ccccc1CNC(=O)[C@@H](N)C(C)(C)C)C1CCCCC1.Cl.Cl. The van der Waals surface area contributed by atoms with E-state index in [4.69, 9.17) is 5.73 Å². The Bertz CT molecular complexity index is 569. The van der Waals surface area contributed by atoms with Crippen molar-refractivity contribution < 1.29 is 4.79 Å². The molecule has 1 aliphatic rings. The summed E-state index contributed by atoms with van der Waals surface area (Å²) in [6, 6.07) is 8.58. The zero-order valence-electron chi connectivity index (χ0n) is 17.2. The van der Waals surface area contributed by atoms with Crippen LogP contribution in [-0.2, 0) is 17.9 Å². The number of halogens is 2. The molecule has 0 heterocycles. The van der Waals surface area contributed by atoms with Gasteiger partial charge in [0.25, 0.3) is 0 Å². The van der Waals surface area contributed by atoms with Gasteiger partial charge in [0.15, 0.2) is 0 Å². The van der Waals surface area contributed by atoms with Gasteiger partial charge >= 0.3 is 0 Å². The lowest BCUT2D eigenvalue weighted by Crippen LogP contribution is -2.48. The second-order valence-corrected chi connectivity index (χ2v) is 8.54. The van der Waals surface area contributed by atoms with Crippen LogP contribution < -0.4 is 11.1 Å². The summed E-state index contributed by atoms with van der Waals surface area (Å²) in [6.07, 6.45) is 6.67. The summed E-state index contributed by atoms with van der Waals surface area (Å²) in [5.41, 5.74) is 8.30. The maximum atomic E-state index is 12.3. The zero-order chi connectivity index (χ0) is 18.4. The van der Waals surface area contributed by atoms with Gasteiger partial charge in [0.05, 0.1) is 6.04 Å². The highest BCUT2D eigenvalue weighted by Crippen LogP contribution is 2.23. The number of carbonyl (C=O) groups excluding carboxylic acids is 1. The molecule has 1 aromatic carbocycles. The first-order valence-electron chi connectivity index (χ1n) is 9.59. The Balaban J connectivity index is 0.00000338. The van der Waals surface area contributed by atoms with Crippen LogP contribution >= 0.6 is 24.8 Å². The molecule has 1 aliphatic carbocycles. The van der Waals surface area contributed by atoms with E-state index in [0.717, 1.165) is 6.54 Å². The van der Waals surface area contributed by atoms with E-state index in [0.29, 0.717) is 12.6 Å². The van der Waals surface area contributed by atoms with Crippen molar-refractivity contribution in [1.29, 1.82) is 0 Å². The molecule has 1 saturated carbocycles. The van der Waals surface area contributed by atoms with Gasteiger partial charge in [-0.05, 0) is 36.4 Å². The van der Waals surface area contributed by atoms with Crippen LogP contribution in [0.25, 0.3) is 0 Å². The van der Waals surface area contributed by atoms with Gasteiger partial charge in [-0.3, -0.25) is 9.69 Å². The molecule has 3 N–H and O–H groups in total. The van der Waals surface area contributed by atoms with Crippen LogP contribution in [0.4, 0.5) is 0 Å². The highest BCUT2D eigenvalue weighted by molar-refractivity contribution is 5.85. The quantitative estimate of drug-likeness (QED) is 0.725. The zero-order valence-corrected chi connectivity index (χ0v) is 18.8. The Labute approximate surface area is 177 Å². The van der Waals surface area contributed by atoms with E-state index in [-0.39, 0.29) is 36.1 Å². The van der Waals surface area contributed by atoms with E-state index in [2.05, 4.69) is 35.5 Å². The van der Waals surface area contributed by atoms with Crippen molar-refractivity contribution in [2.45, 2.75) is 78.0 Å². The minimum Gasteiger partial charge on any atom is -0.351 e. The van der Waals surface area contributed by atoms with E-state index in [1.807, 2.05) is 26.8 Å². The molecule has 156 valence electrons. The molecule has 27 heavy (non-hydrogen) atoms. The number of rotatable bonds is 6. The van der Waals surface area contributed by atoms with Crippen LogP contribution in [-0.4, -0.2) is 29.9 Å². The standard InChI is InChI=1S/C21H35N3O.2ClH/c1-21(2,3)19(22)20(25)23-14-16-10-8-9-11-17(16)15-24(4)18-12-6-5-7-13-18;;/h8-11,18-19H,5-7,12-15,22H2,1-4H3,(H,23,25);2*1H/t19-;;/m1../s1. The Morgan fingerprint density at radius 2 is 1.70 bits per heavy atom. The van der Waals surface area contributed by atoms with Crippen LogP contribution in [0.3, 0.4) is 0 Å². The predicted molar refractivity (Wildman–Crippen MR) is 119 cm³/mol. The number of benzene rings is 1. The van der Waals surface area contributed by atoms with Crippen LogP contribution in [0.2, 0.25) is 0 Å². The summed E-state index contributed by atoms with van der Waals surface area (Å²) in [5, 5.41) is 3.02. The number of nitrogens with two attached hydrogens (primary N) is 1. The van der Waals surface area contributed by atoms with Crippen LogP contribution in [0, 0.1) is 5.41 Å². The smallest absolute Gasteiger partial charge is 0.237 e. The molecule has 2 rings (SSSR count). The van der Waals surface area contributed by atoms with Gasteiger partial charge in [-0.2, -0.15) is 0 Å². The van der Waals surface area contributed by atoms with Crippen LogP contribution in [0.15, 0.2) is 24.3 Å². The first kappa shape index (κ1) is 26.2. The highest BCUT2D eigenvalue weighted by atomic mass is 35.5. The average Bonchev–Trinajstić information content (AvgIpc) is 2.60. The van der Waals surface area contributed by atoms with E-state index in [9.17, 15) is 4.79 Å². The van der Waals surface area contributed by atoms with E-state index in [1.54, 1.807) is 0 Å². The second-order valence-electron chi connectivity index (χ2n) is 8.54. The maximum Gasteiger partial charge on any atom is 0.237 e. The van der Waals surface area contributed by atoms with Gasteiger partial charge < -0.3 is 11.1 Å². The van der Waals surface area contributed by atoms with Crippen molar-refractivity contribution in [2.24, 2.45) is 11.1 Å². The lowest BCUT2D eigenvalue weighted by Gasteiger charge is -2.31. The van der Waals surface area contributed by atoms with Gasteiger partial charge in [0.2, 0.25) is 5.91 Å². The summed E-state index contributed by atoms with van der Waals surface area (Å²) in [4.78, 5) is 14.8. The summed E-state index contributed by atoms with van der Waals surface area (Å²) < 4.78 is 0. The molecule has 0 spiro atoms. The molecular weight excluding hydrogens is 381 g/mol. The van der Waals surface area contributed by atoms with Crippen molar-refractivity contribution in [1.82, 2.24) is 10.2 Å². The topological polar surface area (TPSA) is 58.4 Å². The third kappa shape index (κ3) is 7.98. The number of nitrogens with one attached hydrogen (secondary N) is 1. The number of amides is 1. The van der Waals surface area contributed by atoms with Crippen molar-refractivity contribution in [3.05, 3.63) is 35.4 Å². The molecule has 0 unspecified atom stereocenters. The summed E-state index contributed by atoms with van der Waals surface area (Å²) >= 11 is 0. The van der Waals surface area contributed by atoms with Crippen LogP contribution in [0.1, 0.15) is 64.0 Å². The lowest BCUT2D eigenvalue weighted by molar-refractivity contribution is -0.124. The van der Waals surface area contributed by atoms with Crippen LogP contribution in [0.5, 0.6) is 0 Å². The molecule has 1 amide bonds. The van der Waals surface area contributed by atoms with Gasteiger partial charge in [-0.1, -0.05) is 64.3 Å². The van der Waals surface area contributed by atoms with E-state index < -0.39 is 6.04 Å². The third-order valence-electron chi connectivity index (χ3n) is 5.40. The fraction of sp³-hybridized carbons (Fsp3) is 0.667. The third-order valence-corrected chi connectivity index (χ3v) is 5.40. The van der Waals surface area contributed by atoms with Crippen molar-refractivity contribution in [3.8, 4) is 0 Å². The molecule has 0 aliphatic heterocycles. The summed E-state index contributed by atoms with van der Waals surface area (Å²) in [7, 11) is 2.22. The Morgan fingerprint density at radius 1 is 1.15 bits per heavy atom. The van der Waals surface area contributed by atoms with Crippen molar-refractivity contribution in [2.75, 3.05) is 7.05 Å². The minimum absolute atomic E-state index is 0. The number of hydrogen-bond acceptors (Lipinski definition) is 3. The summed E-state index contributed by atoms with van der Waals surface area (Å²) in [6.45, 7) is 7.44. The van der Waals surface area contributed by atoms with Gasteiger partial charge in [-0.15, -0.1) is 24.8 Å². The predicted octanol–water partition coefficient (Wildman–Crippen LogP) is 4.28. The number of carbonyl (C=O) groups is 1. The average molecular weight is 418 g/mol. The Hall–Kier alpha value is -0.810. The maximum absolute atomic E-state index is 12.3. The van der Waals surface area contributed by atoms with Crippen molar-refractivity contribution in [3.63, 3.8) is 0 Å². The fourth-order valence-corrected chi connectivity index (χ4v) is 3.49. The molecule has 0 radical (unpaired) electrons. The van der Waals surface area contributed by atoms with Gasteiger partial charge in [-0.25, -0.2) is 0 Å². The number of nitrogens with zero attached hydrogens (tertiary/aromatic N) is 1. The normalized spacial score (nSPS) is 16.2. The molecule has 0 aromatic heterocycles. The van der Waals surface area contributed by atoms with Gasteiger partial charge in [0.1, 0.15) is 0 Å². The molecule has 6 heteroatoms. The van der Waals surface area contributed by atoms with E-state index in [1.165, 1.54) is 43.2 Å². The highest BCUT2D eigenvalue weighted by Gasteiger charge is 2.27. The second kappa shape index (κ2) is 11.9. The van der Waals surface area contributed by atoms with Crippen molar-refractivity contribution >= 4 is 30.7 Å². The molecule has 1 atom stereocenters. The molecule has 0 bridgehead atoms. The summed E-state index contributed by atoms with van der Waals surface area (Å²) in [5.74, 6) is -0.0806. The Morgan fingerprint density at radius 3 is 2.26 bits per heavy atom. The fourth-order valence-electron chi connectivity index (χ4n) is 3.49. The molecule has 1 aromatic rings. The lowest BCUT2D eigenvalue weighted by atomic mass is 9.87. The van der Waals surface area contributed by atoms with Gasteiger partial charge in [0, 0.05) is 19.1 Å². The minimum atomic E-state index is -0.496.